The molecule has 0 saturated carbocycles. The number of benzene rings is 2. The number of sulfonamides is 1. The fourth-order valence-electron chi connectivity index (χ4n) is 3.95. The molecule has 0 saturated heterocycles. The molecule has 0 aliphatic heterocycles. The molecule has 7 nitrogen and oxygen atoms in total. The SMILES string of the molecule is CC[C@H](C)NC(=O)[C@H](CC)N(CCc1ccccc1)C(=O)CCCN(c1ccc(Cl)cc1)S(C)(=O)=O. The highest BCUT2D eigenvalue weighted by Crippen LogP contribution is 2.21. The Bertz CT molecular complexity index is 1080. The predicted molar refractivity (Wildman–Crippen MR) is 147 cm³/mol. The molecule has 9 heteroatoms. The molecule has 36 heavy (non-hydrogen) atoms. The number of amides is 2. The molecular weight excluding hydrogens is 498 g/mol. The van der Waals surface area contributed by atoms with Crippen molar-refractivity contribution in [1.82, 2.24) is 10.2 Å². The second-order valence-corrected chi connectivity index (χ2v) is 11.3. The van der Waals surface area contributed by atoms with Crippen LogP contribution >= 0.6 is 11.6 Å². The van der Waals surface area contributed by atoms with Gasteiger partial charge >= 0.3 is 0 Å². The first-order chi connectivity index (χ1) is 17.1. The van der Waals surface area contributed by atoms with Gasteiger partial charge in [0.2, 0.25) is 21.8 Å². The predicted octanol–water partition coefficient (Wildman–Crippen LogP) is 4.65. The number of anilines is 1. The molecule has 0 unspecified atom stereocenters. The quantitative estimate of drug-likeness (QED) is 0.381. The molecule has 2 aromatic carbocycles. The lowest BCUT2D eigenvalue weighted by Gasteiger charge is -2.32. The Morgan fingerprint density at radius 2 is 1.61 bits per heavy atom. The number of halogens is 1. The van der Waals surface area contributed by atoms with Gasteiger partial charge in [-0.25, -0.2) is 8.42 Å². The van der Waals surface area contributed by atoms with Crippen LogP contribution in [0.4, 0.5) is 5.69 Å². The Kier molecular flexibility index (Phi) is 11.7. The standard InChI is InChI=1S/C27H38ClN3O4S/c1-5-21(3)29-27(33)25(6-2)30(20-18-22-11-8-7-9-12-22)26(32)13-10-19-31(36(4,34)35)24-16-14-23(28)15-17-24/h7-9,11-12,14-17,21,25H,5-6,10,13,18-20H2,1-4H3,(H,29,33)/t21-,25-/m0/s1. The van der Waals surface area contributed by atoms with Crippen molar-refractivity contribution < 1.29 is 18.0 Å². The maximum Gasteiger partial charge on any atom is 0.243 e. The van der Waals surface area contributed by atoms with Crippen LogP contribution < -0.4 is 9.62 Å². The van der Waals surface area contributed by atoms with E-state index < -0.39 is 16.1 Å². The van der Waals surface area contributed by atoms with Crippen LogP contribution in [0.3, 0.4) is 0 Å². The summed E-state index contributed by atoms with van der Waals surface area (Å²) < 4.78 is 26.1. The highest BCUT2D eigenvalue weighted by atomic mass is 35.5. The minimum atomic E-state index is -3.54. The van der Waals surface area contributed by atoms with Crippen LogP contribution in [0.15, 0.2) is 54.6 Å². The molecule has 0 radical (unpaired) electrons. The van der Waals surface area contributed by atoms with Gasteiger partial charge in [0, 0.05) is 30.6 Å². The molecule has 2 atom stereocenters. The second kappa shape index (κ2) is 14.2. The largest absolute Gasteiger partial charge is 0.352 e. The van der Waals surface area contributed by atoms with E-state index in [1.807, 2.05) is 51.1 Å². The van der Waals surface area contributed by atoms with Crippen molar-refractivity contribution in [2.75, 3.05) is 23.7 Å². The third-order valence-corrected chi connectivity index (χ3v) is 7.58. The Balaban J connectivity index is 2.15. The summed E-state index contributed by atoms with van der Waals surface area (Å²) in [7, 11) is -3.54. The molecule has 0 aliphatic carbocycles. The molecule has 0 aliphatic rings. The van der Waals surface area contributed by atoms with Crippen LogP contribution in [-0.2, 0) is 26.0 Å². The van der Waals surface area contributed by atoms with Crippen molar-refractivity contribution in [2.45, 2.75) is 65.0 Å². The van der Waals surface area contributed by atoms with Gasteiger partial charge in [-0.05, 0) is 62.4 Å². The minimum absolute atomic E-state index is 0.0142. The number of nitrogens with one attached hydrogen (secondary N) is 1. The van der Waals surface area contributed by atoms with Gasteiger partial charge in [0.05, 0.1) is 11.9 Å². The van der Waals surface area contributed by atoms with Gasteiger partial charge in [-0.15, -0.1) is 0 Å². The van der Waals surface area contributed by atoms with E-state index >= 15 is 0 Å². The fraction of sp³-hybridized carbons (Fsp3) is 0.481. The van der Waals surface area contributed by atoms with E-state index in [0.717, 1.165) is 18.2 Å². The molecule has 0 heterocycles. The monoisotopic (exact) mass is 535 g/mol. The normalized spacial score (nSPS) is 13.0. The lowest BCUT2D eigenvalue weighted by Crippen LogP contribution is -2.51. The number of rotatable bonds is 14. The number of hydrogen-bond donors (Lipinski definition) is 1. The Morgan fingerprint density at radius 3 is 2.17 bits per heavy atom. The van der Waals surface area contributed by atoms with Crippen molar-refractivity contribution in [2.24, 2.45) is 0 Å². The third kappa shape index (κ3) is 9.13. The molecule has 198 valence electrons. The summed E-state index contributed by atoms with van der Waals surface area (Å²) in [5.74, 6) is -0.325. The van der Waals surface area contributed by atoms with E-state index in [9.17, 15) is 18.0 Å². The molecule has 2 aromatic rings. The van der Waals surface area contributed by atoms with Crippen molar-refractivity contribution >= 4 is 39.1 Å². The van der Waals surface area contributed by atoms with Crippen LogP contribution in [0.25, 0.3) is 0 Å². The van der Waals surface area contributed by atoms with Crippen LogP contribution in [0.5, 0.6) is 0 Å². The number of carbonyl (C=O) groups is 2. The van der Waals surface area contributed by atoms with Crippen molar-refractivity contribution in [1.29, 1.82) is 0 Å². The Labute approximate surface area is 220 Å². The van der Waals surface area contributed by atoms with E-state index in [-0.39, 0.29) is 30.8 Å². The van der Waals surface area contributed by atoms with E-state index in [0.29, 0.717) is 36.5 Å². The average Bonchev–Trinajstić information content (AvgIpc) is 2.84. The fourth-order valence-corrected chi connectivity index (χ4v) is 5.04. The second-order valence-electron chi connectivity index (χ2n) is 8.98. The molecule has 0 spiro atoms. The Hall–Kier alpha value is -2.58. The van der Waals surface area contributed by atoms with E-state index in [1.165, 1.54) is 4.31 Å². The van der Waals surface area contributed by atoms with E-state index in [2.05, 4.69) is 5.32 Å². The third-order valence-electron chi connectivity index (χ3n) is 6.14. The van der Waals surface area contributed by atoms with Crippen molar-refractivity contribution in [3.05, 3.63) is 65.2 Å². The smallest absolute Gasteiger partial charge is 0.243 e. The van der Waals surface area contributed by atoms with E-state index in [4.69, 9.17) is 11.6 Å². The van der Waals surface area contributed by atoms with Gasteiger partial charge in [-0.2, -0.15) is 0 Å². The summed E-state index contributed by atoms with van der Waals surface area (Å²) in [4.78, 5) is 28.1. The zero-order valence-corrected chi connectivity index (χ0v) is 23.2. The summed E-state index contributed by atoms with van der Waals surface area (Å²) >= 11 is 5.94. The maximum atomic E-state index is 13.4. The molecular formula is C27H38ClN3O4S. The highest BCUT2D eigenvalue weighted by molar-refractivity contribution is 7.92. The summed E-state index contributed by atoms with van der Waals surface area (Å²) in [5, 5.41) is 3.51. The number of hydrogen-bond acceptors (Lipinski definition) is 4. The lowest BCUT2D eigenvalue weighted by atomic mass is 10.1. The summed E-state index contributed by atoms with van der Waals surface area (Å²) in [6, 6.07) is 15.8. The van der Waals surface area contributed by atoms with Crippen LogP contribution in [0.1, 0.15) is 52.0 Å². The first kappa shape index (κ1) is 29.6. The molecule has 0 bridgehead atoms. The lowest BCUT2D eigenvalue weighted by molar-refractivity contribution is -0.141. The summed E-state index contributed by atoms with van der Waals surface area (Å²) in [5.41, 5.74) is 1.58. The van der Waals surface area contributed by atoms with Gasteiger partial charge in [-0.1, -0.05) is 55.8 Å². The first-order valence-corrected chi connectivity index (χ1v) is 14.7. The summed E-state index contributed by atoms with van der Waals surface area (Å²) in [6.07, 6.45) is 3.50. The van der Waals surface area contributed by atoms with Crippen molar-refractivity contribution in [3.63, 3.8) is 0 Å². The van der Waals surface area contributed by atoms with Gasteiger partial charge in [0.25, 0.3) is 0 Å². The highest BCUT2D eigenvalue weighted by Gasteiger charge is 2.29. The number of nitrogens with zero attached hydrogens (tertiary/aromatic N) is 2. The van der Waals surface area contributed by atoms with Crippen LogP contribution in [0.2, 0.25) is 5.02 Å². The molecule has 0 aromatic heterocycles. The minimum Gasteiger partial charge on any atom is -0.352 e. The maximum absolute atomic E-state index is 13.4. The van der Waals surface area contributed by atoms with Crippen LogP contribution in [0, 0.1) is 0 Å². The first-order valence-electron chi connectivity index (χ1n) is 12.4. The molecule has 0 fully saturated rings. The van der Waals surface area contributed by atoms with Crippen molar-refractivity contribution in [3.8, 4) is 0 Å². The van der Waals surface area contributed by atoms with Gasteiger partial charge in [-0.3, -0.25) is 13.9 Å². The van der Waals surface area contributed by atoms with Gasteiger partial charge in [0.15, 0.2) is 0 Å². The Morgan fingerprint density at radius 1 is 0.972 bits per heavy atom. The van der Waals surface area contributed by atoms with Gasteiger partial charge < -0.3 is 10.2 Å². The summed E-state index contributed by atoms with van der Waals surface area (Å²) in [6.45, 7) is 6.39. The molecule has 2 amide bonds. The number of carbonyl (C=O) groups excluding carboxylic acids is 2. The zero-order chi connectivity index (χ0) is 26.7. The average molecular weight is 536 g/mol. The molecule has 1 N–H and O–H groups in total. The van der Waals surface area contributed by atoms with E-state index in [1.54, 1.807) is 29.2 Å². The molecule has 2 rings (SSSR count). The zero-order valence-electron chi connectivity index (χ0n) is 21.6. The van der Waals surface area contributed by atoms with Crippen LogP contribution in [-0.4, -0.2) is 56.6 Å². The topological polar surface area (TPSA) is 86.8 Å². The van der Waals surface area contributed by atoms with Gasteiger partial charge in [0.1, 0.15) is 6.04 Å².